The molecule has 2 aromatic heterocycles. The molecule has 0 radical (unpaired) electrons. The largest absolute Gasteiger partial charge is 0.310 e. The molecule has 1 unspecified atom stereocenters. The minimum absolute atomic E-state index is 0.487. The number of fused-ring (bicyclic) bond motifs is 1. The fourth-order valence-electron chi connectivity index (χ4n) is 2.53. The number of aryl methyl sites for hydroxylation is 2. The number of rotatable bonds is 4. The summed E-state index contributed by atoms with van der Waals surface area (Å²) in [7, 11) is 1.95. The highest BCUT2D eigenvalue weighted by Gasteiger charge is 2.24. The van der Waals surface area contributed by atoms with E-state index in [1.54, 1.807) is 11.3 Å². The van der Waals surface area contributed by atoms with Crippen molar-refractivity contribution in [2.24, 2.45) is 7.05 Å². The maximum Gasteiger partial charge on any atom is 0.0934 e. The predicted octanol–water partition coefficient (Wildman–Crippen LogP) is 2.95. The van der Waals surface area contributed by atoms with Gasteiger partial charge in [0.2, 0.25) is 0 Å². The lowest BCUT2D eigenvalue weighted by molar-refractivity contribution is 0.533. The van der Waals surface area contributed by atoms with Crippen LogP contribution in [0.25, 0.3) is 0 Å². The van der Waals surface area contributed by atoms with Gasteiger partial charge < -0.3 is 5.32 Å². The van der Waals surface area contributed by atoms with Crippen molar-refractivity contribution in [3.63, 3.8) is 0 Å². The van der Waals surface area contributed by atoms with Crippen LogP contribution in [0.3, 0.4) is 0 Å². The van der Waals surface area contributed by atoms with Gasteiger partial charge in [-0.1, -0.05) is 11.6 Å². The number of hydrogen-bond acceptors (Lipinski definition) is 3. The number of nitrogens with zero attached hydrogens (tertiary/aromatic N) is 2. The van der Waals surface area contributed by atoms with E-state index in [4.69, 9.17) is 11.6 Å². The molecule has 96 valence electrons. The van der Waals surface area contributed by atoms with Crippen molar-refractivity contribution in [2.45, 2.75) is 25.3 Å². The van der Waals surface area contributed by atoms with Crippen molar-refractivity contribution in [1.82, 2.24) is 15.1 Å². The lowest BCUT2D eigenvalue weighted by Crippen LogP contribution is -2.21. The molecular formula is C13H16ClN3S. The Bertz CT molecular complexity index is 546. The summed E-state index contributed by atoms with van der Waals surface area (Å²) < 4.78 is 2.76. The van der Waals surface area contributed by atoms with Gasteiger partial charge in [-0.2, -0.15) is 5.10 Å². The van der Waals surface area contributed by atoms with Gasteiger partial charge in [0.1, 0.15) is 0 Å². The van der Waals surface area contributed by atoms with Crippen LogP contribution in [-0.4, -0.2) is 16.3 Å². The Morgan fingerprint density at radius 1 is 1.61 bits per heavy atom. The number of thiophene rings is 1. The zero-order valence-corrected chi connectivity index (χ0v) is 11.9. The van der Waals surface area contributed by atoms with Crippen LogP contribution in [0.4, 0.5) is 0 Å². The first-order valence-corrected chi connectivity index (χ1v) is 7.41. The molecule has 0 saturated carbocycles. The van der Waals surface area contributed by atoms with Gasteiger partial charge in [-0.05, 0) is 43.0 Å². The molecule has 1 N–H and O–H groups in total. The molecule has 2 heterocycles. The van der Waals surface area contributed by atoms with E-state index in [9.17, 15) is 0 Å². The summed E-state index contributed by atoms with van der Waals surface area (Å²) in [6.45, 7) is 0.989. The molecule has 0 saturated heterocycles. The third-order valence-corrected chi connectivity index (χ3v) is 4.75. The highest BCUT2D eigenvalue weighted by molar-refractivity contribution is 7.16. The molecule has 18 heavy (non-hydrogen) atoms. The first-order valence-electron chi connectivity index (χ1n) is 6.21. The molecule has 0 amide bonds. The van der Waals surface area contributed by atoms with E-state index in [-0.39, 0.29) is 0 Å². The molecule has 0 aliphatic heterocycles. The second-order valence-corrected chi connectivity index (χ2v) is 6.51. The Balaban J connectivity index is 1.55. The van der Waals surface area contributed by atoms with Crippen molar-refractivity contribution in [1.29, 1.82) is 0 Å². The van der Waals surface area contributed by atoms with Crippen LogP contribution in [0.2, 0.25) is 4.34 Å². The number of hydrogen-bond donors (Lipinski definition) is 1. The quantitative estimate of drug-likeness (QED) is 0.934. The van der Waals surface area contributed by atoms with Gasteiger partial charge in [0.25, 0.3) is 0 Å². The minimum Gasteiger partial charge on any atom is -0.310 e. The number of aromatic nitrogens is 2. The molecule has 0 fully saturated rings. The Morgan fingerprint density at radius 3 is 3.28 bits per heavy atom. The lowest BCUT2D eigenvalue weighted by atomic mass is 10.1. The molecule has 3 rings (SSSR count). The van der Waals surface area contributed by atoms with E-state index in [1.165, 1.54) is 22.4 Å². The minimum atomic E-state index is 0.487. The monoisotopic (exact) mass is 281 g/mol. The van der Waals surface area contributed by atoms with Crippen molar-refractivity contribution < 1.29 is 0 Å². The Labute approximate surface area is 116 Å². The second kappa shape index (κ2) is 5.03. The number of halogens is 1. The fraction of sp³-hybridized carbons (Fsp3) is 0.462. The van der Waals surface area contributed by atoms with Crippen LogP contribution in [-0.2, 0) is 19.9 Å². The zero-order chi connectivity index (χ0) is 12.5. The van der Waals surface area contributed by atoms with E-state index in [2.05, 4.69) is 22.7 Å². The van der Waals surface area contributed by atoms with Crippen LogP contribution in [0.1, 0.15) is 28.5 Å². The molecule has 0 aromatic carbocycles. The predicted molar refractivity (Wildman–Crippen MR) is 75.3 cm³/mol. The molecule has 1 aliphatic carbocycles. The van der Waals surface area contributed by atoms with Crippen LogP contribution in [0.5, 0.6) is 0 Å². The fourth-order valence-corrected chi connectivity index (χ4v) is 3.89. The molecule has 0 spiro atoms. The van der Waals surface area contributed by atoms with E-state index < -0.39 is 0 Å². The van der Waals surface area contributed by atoms with Crippen molar-refractivity contribution in [2.75, 3.05) is 6.54 Å². The summed E-state index contributed by atoms with van der Waals surface area (Å²) in [5.41, 5.74) is 2.70. The Morgan fingerprint density at radius 2 is 2.50 bits per heavy atom. The molecule has 1 atom stereocenters. The topological polar surface area (TPSA) is 29.9 Å². The molecule has 5 heteroatoms. The van der Waals surface area contributed by atoms with Gasteiger partial charge in [0.15, 0.2) is 0 Å². The number of nitrogens with one attached hydrogen (secondary N) is 1. The summed E-state index contributed by atoms with van der Waals surface area (Å²) in [6, 6.07) is 2.61. The van der Waals surface area contributed by atoms with Gasteiger partial charge in [0.05, 0.1) is 10.5 Å². The van der Waals surface area contributed by atoms with Gasteiger partial charge in [-0.3, -0.25) is 4.68 Å². The zero-order valence-electron chi connectivity index (χ0n) is 10.3. The average molecular weight is 282 g/mol. The molecule has 3 nitrogen and oxygen atoms in total. The average Bonchev–Trinajstić information content (AvgIpc) is 2.97. The maximum absolute atomic E-state index is 6.06. The van der Waals surface area contributed by atoms with Gasteiger partial charge >= 0.3 is 0 Å². The third kappa shape index (κ3) is 2.46. The summed E-state index contributed by atoms with van der Waals surface area (Å²) in [4.78, 5) is 1.46. The van der Waals surface area contributed by atoms with Crippen LogP contribution < -0.4 is 5.32 Å². The van der Waals surface area contributed by atoms with Crippen molar-refractivity contribution in [3.8, 4) is 0 Å². The second-order valence-electron chi connectivity index (χ2n) is 4.75. The van der Waals surface area contributed by atoms with Crippen LogP contribution in [0.15, 0.2) is 18.5 Å². The third-order valence-electron chi connectivity index (χ3n) is 3.41. The smallest absolute Gasteiger partial charge is 0.0934 e. The summed E-state index contributed by atoms with van der Waals surface area (Å²) in [5, 5.41) is 7.80. The molecule has 1 aliphatic rings. The Hall–Kier alpha value is -0.840. The SMILES string of the molecule is Cn1cc(CCNC2CCc3sc(Cl)cc32)cn1. The summed E-state index contributed by atoms with van der Waals surface area (Å²) in [6.07, 6.45) is 7.40. The first kappa shape index (κ1) is 12.2. The van der Waals surface area contributed by atoms with Crippen molar-refractivity contribution >= 4 is 22.9 Å². The standard InChI is InChI=1S/C13H16ClN3S/c1-17-8-9(7-16-17)4-5-15-11-2-3-12-10(11)6-13(14)18-12/h6-8,11,15H,2-5H2,1H3. The van der Waals surface area contributed by atoms with E-state index in [1.807, 2.05) is 17.9 Å². The highest BCUT2D eigenvalue weighted by Crippen LogP contribution is 2.39. The summed E-state index contributed by atoms with van der Waals surface area (Å²) >= 11 is 7.78. The normalized spacial score (nSPS) is 18.2. The van der Waals surface area contributed by atoms with Crippen molar-refractivity contribution in [3.05, 3.63) is 38.8 Å². The van der Waals surface area contributed by atoms with Gasteiger partial charge in [0, 0.05) is 24.2 Å². The molecule has 2 aromatic rings. The van der Waals surface area contributed by atoms with E-state index in [0.29, 0.717) is 6.04 Å². The van der Waals surface area contributed by atoms with Crippen LogP contribution >= 0.6 is 22.9 Å². The lowest BCUT2D eigenvalue weighted by Gasteiger charge is -2.12. The van der Waals surface area contributed by atoms with E-state index >= 15 is 0 Å². The molecule has 0 bridgehead atoms. The Kier molecular flexibility index (Phi) is 3.41. The van der Waals surface area contributed by atoms with Gasteiger partial charge in [-0.15, -0.1) is 11.3 Å². The molecular weight excluding hydrogens is 266 g/mol. The highest BCUT2D eigenvalue weighted by atomic mass is 35.5. The summed E-state index contributed by atoms with van der Waals surface area (Å²) in [5.74, 6) is 0. The van der Waals surface area contributed by atoms with Gasteiger partial charge in [-0.25, -0.2) is 0 Å². The maximum atomic E-state index is 6.06. The van der Waals surface area contributed by atoms with E-state index in [0.717, 1.165) is 23.7 Å². The first-order chi connectivity index (χ1) is 8.72. The van der Waals surface area contributed by atoms with Crippen LogP contribution in [0, 0.1) is 0 Å².